The summed E-state index contributed by atoms with van der Waals surface area (Å²) < 4.78 is 1.75. The molecule has 0 amide bonds. The molecule has 2 aromatic heterocycles. The molecular weight excluding hydrogens is 362 g/mol. The van der Waals surface area contributed by atoms with Crippen LogP contribution in [0.2, 0.25) is 0 Å². The average molecular weight is 385 g/mol. The SMILES string of the molecule is O=c1c(-c2nc3ccccc3[nH]2)cc2ccccc2n1NC1CN2CCC1CC2. The Morgan fingerprint density at radius 3 is 2.62 bits per heavy atom. The highest BCUT2D eigenvalue weighted by atomic mass is 16.1. The summed E-state index contributed by atoms with van der Waals surface area (Å²) >= 11 is 0. The second-order valence-corrected chi connectivity index (χ2v) is 8.23. The van der Waals surface area contributed by atoms with Crippen molar-refractivity contribution in [2.45, 2.75) is 18.9 Å². The van der Waals surface area contributed by atoms with Gasteiger partial charge in [0.2, 0.25) is 0 Å². The third kappa shape index (κ3) is 2.75. The van der Waals surface area contributed by atoms with Gasteiger partial charge < -0.3 is 15.3 Å². The molecule has 146 valence electrons. The Kier molecular flexibility index (Phi) is 3.74. The first kappa shape index (κ1) is 16.8. The molecule has 3 saturated heterocycles. The van der Waals surface area contributed by atoms with Crippen LogP contribution in [0.15, 0.2) is 59.4 Å². The summed E-state index contributed by atoms with van der Waals surface area (Å²) in [5.41, 5.74) is 6.84. The highest BCUT2D eigenvalue weighted by Crippen LogP contribution is 2.28. The standard InChI is InChI=1S/C23H23N5O/c29-23-17(22-24-18-6-2-3-7-19(18)25-22)13-16-5-1-4-8-21(16)28(23)26-20-14-27-11-9-15(20)10-12-27/h1-8,13,15,20,26H,9-12,14H2,(H,24,25). The minimum absolute atomic E-state index is 0.0563. The Morgan fingerprint density at radius 1 is 1.03 bits per heavy atom. The Bertz CT molecular complexity index is 1230. The van der Waals surface area contributed by atoms with Crippen molar-refractivity contribution in [1.29, 1.82) is 0 Å². The van der Waals surface area contributed by atoms with Gasteiger partial charge in [0.05, 0.1) is 28.2 Å². The van der Waals surface area contributed by atoms with E-state index >= 15 is 0 Å². The van der Waals surface area contributed by atoms with E-state index in [9.17, 15) is 4.79 Å². The molecule has 2 aromatic carbocycles. The van der Waals surface area contributed by atoms with Gasteiger partial charge in [-0.1, -0.05) is 30.3 Å². The Hall–Kier alpha value is -3.12. The Labute approximate surface area is 168 Å². The van der Waals surface area contributed by atoms with Crippen LogP contribution in [-0.4, -0.2) is 45.2 Å². The molecule has 0 spiro atoms. The predicted molar refractivity (Wildman–Crippen MR) is 116 cm³/mol. The number of hydrogen-bond acceptors (Lipinski definition) is 4. The maximum absolute atomic E-state index is 13.6. The number of hydrogen-bond donors (Lipinski definition) is 2. The molecule has 3 aliphatic heterocycles. The van der Waals surface area contributed by atoms with Gasteiger partial charge in [-0.15, -0.1) is 0 Å². The fourth-order valence-corrected chi connectivity index (χ4v) is 4.92. The second kappa shape index (κ2) is 6.46. The van der Waals surface area contributed by atoms with E-state index in [-0.39, 0.29) is 5.56 Å². The number of para-hydroxylation sites is 3. The highest BCUT2D eigenvalue weighted by molar-refractivity contribution is 5.85. The number of piperidine rings is 3. The molecule has 2 bridgehead atoms. The fraction of sp³-hybridized carbons (Fsp3) is 0.304. The van der Waals surface area contributed by atoms with Crippen molar-refractivity contribution in [3.05, 3.63) is 65.0 Å². The molecule has 1 atom stereocenters. The van der Waals surface area contributed by atoms with Gasteiger partial charge in [0, 0.05) is 11.9 Å². The van der Waals surface area contributed by atoms with Gasteiger partial charge in [0.1, 0.15) is 5.82 Å². The van der Waals surface area contributed by atoms with Crippen molar-refractivity contribution >= 4 is 21.9 Å². The van der Waals surface area contributed by atoms with Crippen LogP contribution in [0.25, 0.3) is 33.3 Å². The highest BCUT2D eigenvalue weighted by Gasteiger charge is 2.34. The molecule has 0 saturated carbocycles. The summed E-state index contributed by atoms with van der Waals surface area (Å²) in [7, 11) is 0. The summed E-state index contributed by atoms with van der Waals surface area (Å²) in [4.78, 5) is 24.0. The lowest BCUT2D eigenvalue weighted by molar-refractivity contribution is 0.0926. The normalized spacial score (nSPS) is 23.7. The van der Waals surface area contributed by atoms with E-state index < -0.39 is 0 Å². The number of benzene rings is 2. The quantitative estimate of drug-likeness (QED) is 0.568. The summed E-state index contributed by atoms with van der Waals surface area (Å²) in [5, 5.41) is 1.02. The van der Waals surface area contributed by atoms with E-state index in [2.05, 4.69) is 26.4 Å². The van der Waals surface area contributed by atoms with E-state index in [4.69, 9.17) is 0 Å². The van der Waals surface area contributed by atoms with Crippen LogP contribution in [-0.2, 0) is 0 Å². The van der Waals surface area contributed by atoms with Gasteiger partial charge in [-0.25, -0.2) is 9.66 Å². The van der Waals surface area contributed by atoms with E-state index in [1.54, 1.807) is 4.68 Å². The molecule has 3 aliphatic rings. The number of nitrogens with one attached hydrogen (secondary N) is 2. The maximum Gasteiger partial charge on any atom is 0.280 e. The molecule has 7 rings (SSSR count). The van der Waals surface area contributed by atoms with E-state index in [0.717, 1.165) is 28.5 Å². The van der Waals surface area contributed by atoms with Crippen molar-refractivity contribution in [3.8, 4) is 11.4 Å². The van der Waals surface area contributed by atoms with Crippen molar-refractivity contribution in [2.75, 3.05) is 25.1 Å². The van der Waals surface area contributed by atoms with Crippen molar-refractivity contribution in [3.63, 3.8) is 0 Å². The molecule has 5 heterocycles. The summed E-state index contributed by atoms with van der Waals surface area (Å²) in [6.45, 7) is 3.36. The van der Waals surface area contributed by atoms with Crippen molar-refractivity contribution in [2.24, 2.45) is 5.92 Å². The third-order valence-corrected chi connectivity index (χ3v) is 6.51. The molecule has 3 fully saturated rings. The van der Waals surface area contributed by atoms with Crippen LogP contribution in [0.3, 0.4) is 0 Å². The molecule has 1 unspecified atom stereocenters. The lowest BCUT2D eigenvalue weighted by Crippen LogP contribution is -2.56. The van der Waals surface area contributed by atoms with Crippen LogP contribution in [0, 0.1) is 5.92 Å². The molecule has 29 heavy (non-hydrogen) atoms. The number of rotatable bonds is 3. The smallest absolute Gasteiger partial charge is 0.280 e. The molecule has 4 aromatic rings. The number of imidazole rings is 1. The number of aromatic nitrogens is 3. The second-order valence-electron chi connectivity index (χ2n) is 8.23. The zero-order valence-corrected chi connectivity index (χ0v) is 16.1. The molecule has 2 N–H and O–H groups in total. The molecular formula is C23H23N5O. The van der Waals surface area contributed by atoms with Crippen LogP contribution >= 0.6 is 0 Å². The Balaban J connectivity index is 1.50. The zero-order chi connectivity index (χ0) is 19.4. The average Bonchev–Trinajstić information content (AvgIpc) is 3.20. The topological polar surface area (TPSA) is 66.0 Å². The minimum atomic E-state index is -0.0563. The van der Waals surface area contributed by atoms with Gasteiger partial charge >= 0.3 is 0 Å². The van der Waals surface area contributed by atoms with Gasteiger partial charge in [-0.2, -0.15) is 0 Å². The first-order valence-corrected chi connectivity index (χ1v) is 10.3. The van der Waals surface area contributed by atoms with Crippen LogP contribution < -0.4 is 11.0 Å². The van der Waals surface area contributed by atoms with E-state index in [1.807, 2.05) is 48.5 Å². The third-order valence-electron chi connectivity index (χ3n) is 6.51. The number of aromatic amines is 1. The van der Waals surface area contributed by atoms with Crippen molar-refractivity contribution in [1.82, 2.24) is 19.5 Å². The van der Waals surface area contributed by atoms with E-state index in [1.165, 1.54) is 25.9 Å². The number of pyridine rings is 1. The zero-order valence-electron chi connectivity index (χ0n) is 16.1. The number of nitrogens with zero attached hydrogens (tertiary/aromatic N) is 3. The lowest BCUT2D eigenvalue weighted by Gasteiger charge is -2.45. The largest absolute Gasteiger partial charge is 0.338 e. The summed E-state index contributed by atoms with van der Waals surface area (Å²) in [6, 6.07) is 18.2. The first-order chi connectivity index (χ1) is 14.3. The monoisotopic (exact) mass is 385 g/mol. The Morgan fingerprint density at radius 2 is 1.83 bits per heavy atom. The fourth-order valence-electron chi connectivity index (χ4n) is 4.92. The van der Waals surface area contributed by atoms with Crippen LogP contribution in [0.4, 0.5) is 0 Å². The maximum atomic E-state index is 13.6. The van der Waals surface area contributed by atoms with Crippen LogP contribution in [0.1, 0.15) is 12.8 Å². The molecule has 0 aliphatic carbocycles. The summed E-state index contributed by atoms with van der Waals surface area (Å²) in [5.74, 6) is 1.24. The van der Waals surface area contributed by atoms with E-state index in [0.29, 0.717) is 23.3 Å². The first-order valence-electron chi connectivity index (χ1n) is 10.3. The molecule has 6 heteroatoms. The van der Waals surface area contributed by atoms with Crippen LogP contribution in [0.5, 0.6) is 0 Å². The predicted octanol–water partition coefficient (Wildman–Crippen LogP) is 3.18. The van der Waals surface area contributed by atoms with Gasteiger partial charge in [-0.05, 0) is 56.1 Å². The lowest BCUT2D eigenvalue weighted by atomic mass is 9.84. The van der Waals surface area contributed by atoms with Gasteiger partial charge in [-0.3, -0.25) is 4.79 Å². The van der Waals surface area contributed by atoms with Gasteiger partial charge in [0.15, 0.2) is 0 Å². The number of fused-ring (bicyclic) bond motifs is 5. The minimum Gasteiger partial charge on any atom is -0.338 e. The number of H-pyrrole nitrogens is 1. The van der Waals surface area contributed by atoms with Gasteiger partial charge in [0.25, 0.3) is 5.56 Å². The molecule has 6 nitrogen and oxygen atoms in total. The van der Waals surface area contributed by atoms with Crippen molar-refractivity contribution < 1.29 is 0 Å². The summed E-state index contributed by atoms with van der Waals surface area (Å²) in [6.07, 6.45) is 2.40. The molecule has 0 radical (unpaired) electrons.